The molecule has 0 bridgehead atoms. The maximum atomic E-state index is 12.5. The first-order valence-corrected chi connectivity index (χ1v) is 7.62. The summed E-state index contributed by atoms with van der Waals surface area (Å²) in [6.45, 7) is 5.00. The van der Waals surface area contributed by atoms with Crippen LogP contribution in [0.3, 0.4) is 0 Å². The molecule has 1 N–H and O–H groups in total. The van der Waals surface area contributed by atoms with Crippen LogP contribution in [0, 0.1) is 0 Å². The third kappa shape index (κ3) is 3.35. The molecule has 104 valence electrons. The highest BCUT2D eigenvalue weighted by atomic mass is 32.1. The summed E-state index contributed by atoms with van der Waals surface area (Å²) >= 11 is 1.51. The highest BCUT2D eigenvalue weighted by Crippen LogP contribution is 2.21. The summed E-state index contributed by atoms with van der Waals surface area (Å²) in [4.78, 5) is 26.3. The minimum absolute atomic E-state index is 0.0235. The quantitative estimate of drug-likeness (QED) is 0.921. The van der Waals surface area contributed by atoms with E-state index in [0.29, 0.717) is 6.54 Å². The van der Waals surface area contributed by atoms with Crippen LogP contribution in [-0.2, 0) is 11.2 Å². The summed E-state index contributed by atoms with van der Waals surface area (Å²) < 4.78 is 0. The number of hydrogen-bond donors (Lipinski definition) is 1. The molecule has 2 rings (SSSR count). The van der Waals surface area contributed by atoms with Crippen LogP contribution in [0.1, 0.15) is 41.9 Å². The molecule has 2 amide bonds. The number of carbonyl (C=O) groups excluding carboxylic acids is 2. The van der Waals surface area contributed by atoms with E-state index in [9.17, 15) is 9.59 Å². The Morgan fingerprint density at radius 2 is 2.32 bits per heavy atom. The van der Waals surface area contributed by atoms with Crippen LogP contribution in [0.5, 0.6) is 0 Å². The van der Waals surface area contributed by atoms with E-state index < -0.39 is 0 Å². The van der Waals surface area contributed by atoms with Gasteiger partial charge in [0, 0.05) is 26.1 Å². The van der Waals surface area contributed by atoms with E-state index in [2.05, 4.69) is 12.2 Å². The van der Waals surface area contributed by atoms with E-state index >= 15 is 0 Å². The fourth-order valence-electron chi connectivity index (χ4n) is 2.51. The van der Waals surface area contributed by atoms with Crippen molar-refractivity contribution in [2.75, 3.05) is 13.1 Å². The molecule has 19 heavy (non-hydrogen) atoms. The van der Waals surface area contributed by atoms with Crippen molar-refractivity contribution >= 4 is 23.2 Å². The van der Waals surface area contributed by atoms with Crippen LogP contribution in [-0.4, -0.2) is 35.8 Å². The number of nitrogens with one attached hydrogen (secondary N) is 1. The Morgan fingerprint density at radius 1 is 1.53 bits per heavy atom. The van der Waals surface area contributed by atoms with Gasteiger partial charge in [0.1, 0.15) is 0 Å². The van der Waals surface area contributed by atoms with Gasteiger partial charge in [0.2, 0.25) is 5.91 Å². The van der Waals surface area contributed by atoms with Crippen molar-refractivity contribution in [1.29, 1.82) is 0 Å². The second-order valence-electron chi connectivity index (χ2n) is 4.92. The standard InChI is InChI=1S/C14H20N2O2S/c1-3-11-6-8-19-13(11)14(18)16-7-4-5-12(9-16)15-10(2)17/h6,8,12H,3-5,7,9H2,1-2H3,(H,15,17). The number of amides is 2. The van der Waals surface area contributed by atoms with Gasteiger partial charge >= 0.3 is 0 Å². The van der Waals surface area contributed by atoms with Crippen molar-refractivity contribution < 1.29 is 9.59 Å². The minimum atomic E-state index is -0.0235. The lowest BCUT2D eigenvalue weighted by Gasteiger charge is -2.33. The van der Waals surface area contributed by atoms with Crippen LogP contribution >= 0.6 is 11.3 Å². The highest BCUT2D eigenvalue weighted by Gasteiger charge is 2.26. The lowest BCUT2D eigenvalue weighted by molar-refractivity contribution is -0.120. The number of thiophene rings is 1. The van der Waals surface area contributed by atoms with E-state index in [4.69, 9.17) is 0 Å². The molecule has 1 aromatic rings. The van der Waals surface area contributed by atoms with Gasteiger partial charge in [-0.25, -0.2) is 0 Å². The molecular formula is C14H20N2O2S. The van der Waals surface area contributed by atoms with Crippen molar-refractivity contribution in [1.82, 2.24) is 10.2 Å². The maximum Gasteiger partial charge on any atom is 0.264 e. The molecule has 5 heteroatoms. The monoisotopic (exact) mass is 280 g/mol. The molecule has 0 saturated carbocycles. The van der Waals surface area contributed by atoms with Crippen molar-refractivity contribution in [2.24, 2.45) is 0 Å². The predicted molar refractivity (Wildman–Crippen MR) is 76.4 cm³/mol. The van der Waals surface area contributed by atoms with Crippen molar-refractivity contribution in [3.05, 3.63) is 21.9 Å². The average molecular weight is 280 g/mol. The maximum absolute atomic E-state index is 12.5. The van der Waals surface area contributed by atoms with E-state index in [0.717, 1.165) is 36.2 Å². The number of aryl methyl sites for hydroxylation is 1. The zero-order chi connectivity index (χ0) is 13.8. The molecule has 4 nitrogen and oxygen atoms in total. The highest BCUT2D eigenvalue weighted by molar-refractivity contribution is 7.12. The molecule has 2 heterocycles. The van der Waals surface area contributed by atoms with Crippen molar-refractivity contribution in [3.8, 4) is 0 Å². The van der Waals surface area contributed by atoms with Gasteiger partial charge in [-0.1, -0.05) is 6.92 Å². The Balaban J connectivity index is 2.05. The van der Waals surface area contributed by atoms with Crippen LogP contribution in [0.15, 0.2) is 11.4 Å². The van der Waals surface area contributed by atoms with Gasteiger partial charge in [-0.2, -0.15) is 0 Å². The van der Waals surface area contributed by atoms with Gasteiger partial charge in [-0.3, -0.25) is 9.59 Å². The van der Waals surface area contributed by atoms with Gasteiger partial charge in [-0.05, 0) is 36.3 Å². The third-order valence-electron chi connectivity index (χ3n) is 3.44. The van der Waals surface area contributed by atoms with Gasteiger partial charge in [0.15, 0.2) is 0 Å². The third-order valence-corrected chi connectivity index (χ3v) is 4.38. The first-order valence-electron chi connectivity index (χ1n) is 6.74. The van der Waals surface area contributed by atoms with Crippen LogP contribution in [0.2, 0.25) is 0 Å². The zero-order valence-electron chi connectivity index (χ0n) is 11.4. The molecule has 0 aromatic carbocycles. The second kappa shape index (κ2) is 6.19. The molecule has 1 aromatic heterocycles. The number of carbonyl (C=O) groups is 2. The summed E-state index contributed by atoms with van der Waals surface area (Å²) in [6, 6.07) is 2.12. The lowest BCUT2D eigenvalue weighted by atomic mass is 10.0. The fourth-order valence-corrected chi connectivity index (χ4v) is 3.47. The zero-order valence-corrected chi connectivity index (χ0v) is 12.3. The fraction of sp³-hybridized carbons (Fsp3) is 0.571. The van der Waals surface area contributed by atoms with Gasteiger partial charge in [0.25, 0.3) is 5.91 Å². The Labute approximate surface area is 117 Å². The SMILES string of the molecule is CCc1ccsc1C(=O)N1CCCC(NC(C)=O)C1. The normalized spacial score (nSPS) is 19.3. The Hall–Kier alpha value is -1.36. The molecule has 1 aliphatic rings. The van der Waals surface area contributed by atoms with E-state index in [-0.39, 0.29) is 17.9 Å². The van der Waals surface area contributed by atoms with E-state index in [1.54, 1.807) is 0 Å². The summed E-state index contributed by atoms with van der Waals surface area (Å²) in [5.41, 5.74) is 1.12. The largest absolute Gasteiger partial charge is 0.352 e. The number of likely N-dealkylation sites (tertiary alicyclic amines) is 1. The predicted octanol–water partition coefficient (Wildman–Crippen LogP) is 2.05. The summed E-state index contributed by atoms with van der Waals surface area (Å²) in [7, 11) is 0. The van der Waals surface area contributed by atoms with Gasteiger partial charge < -0.3 is 10.2 Å². The molecule has 0 radical (unpaired) electrons. The molecule has 1 unspecified atom stereocenters. The van der Waals surface area contributed by atoms with Crippen molar-refractivity contribution in [2.45, 2.75) is 39.2 Å². The lowest BCUT2D eigenvalue weighted by Crippen LogP contribution is -2.49. The topological polar surface area (TPSA) is 49.4 Å². The molecule has 1 atom stereocenters. The van der Waals surface area contributed by atoms with E-state index in [1.165, 1.54) is 18.3 Å². The smallest absolute Gasteiger partial charge is 0.264 e. The molecule has 1 saturated heterocycles. The molecule has 1 aliphatic heterocycles. The Kier molecular flexibility index (Phi) is 4.58. The summed E-state index contributed by atoms with van der Waals surface area (Å²) in [5.74, 6) is 0.0894. The number of rotatable bonds is 3. The molecule has 0 aliphatic carbocycles. The van der Waals surface area contributed by atoms with Gasteiger partial charge in [-0.15, -0.1) is 11.3 Å². The van der Waals surface area contributed by atoms with E-state index in [1.807, 2.05) is 16.3 Å². The van der Waals surface area contributed by atoms with Gasteiger partial charge in [0.05, 0.1) is 4.88 Å². The summed E-state index contributed by atoms with van der Waals surface area (Å²) in [6.07, 6.45) is 2.78. The van der Waals surface area contributed by atoms with Crippen LogP contribution in [0.25, 0.3) is 0 Å². The van der Waals surface area contributed by atoms with Crippen LogP contribution < -0.4 is 5.32 Å². The number of hydrogen-bond acceptors (Lipinski definition) is 3. The first-order chi connectivity index (χ1) is 9.11. The minimum Gasteiger partial charge on any atom is -0.352 e. The number of piperidine rings is 1. The molecule has 0 spiro atoms. The Morgan fingerprint density at radius 3 is 3.00 bits per heavy atom. The summed E-state index contributed by atoms with van der Waals surface area (Å²) in [5, 5.41) is 4.88. The number of nitrogens with zero attached hydrogens (tertiary/aromatic N) is 1. The average Bonchev–Trinajstić information content (AvgIpc) is 2.85. The Bertz CT molecular complexity index is 470. The molecular weight excluding hydrogens is 260 g/mol. The first kappa shape index (κ1) is 14.1. The molecule has 1 fully saturated rings. The van der Waals surface area contributed by atoms with Crippen molar-refractivity contribution in [3.63, 3.8) is 0 Å². The van der Waals surface area contributed by atoms with Crippen LogP contribution in [0.4, 0.5) is 0 Å². The second-order valence-corrected chi connectivity index (χ2v) is 5.84.